The number of Topliss-reactive ketones (excluding diaryl/α,β-unsaturated/α-hetero) is 1. The summed E-state index contributed by atoms with van der Waals surface area (Å²) in [5.41, 5.74) is 4.42. The summed E-state index contributed by atoms with van der Waals surface area (Å²) < 4.78 is 6.35. The third-order valence-corrected chi connectivity index (χ3v) is 7.07. The zero-order valence-electron chi connectivity index (χ0n) is 21.9. The van der Waals surface area contributed by atoms with E-state index >= 15 is 0 Å². The maximum Gasteiger partial charge on any atom is 0.198 e. The van der Waals surface area contributed by atoms with Crippen LogP contribution in [0.4, 0.5) is 17.1 Å². The third-order valence-electron chi connectivity index (χ3n) is 6.48. The quantitative estimate of drug-likeness (QED) is 0.223. The van der Waals surface area contributed by atoms with Gasteiger partial charge in [0, 0.05) is 53.6 Å². The number of rotatable bonds is 8. The van der Waals surface area contributed by atoms with E-state index in [2.05, 4.69) is 0 Å². The van der Waals surface area contributed by atoms with Crippen molar-refractivity contribution in [3.63, 3.8) is 0 Å². The van der Waals surface area contributed by atoms with E-state index in [-0.39, 0.29) is 12.4 Å². The Hall–Kier alpha value is -4.00. The summed E-state index contributed by atoms with van der Waals surface area (Å²) >= 11 is 12.5. The molecule has 39 heavy (non-hydrogen) atoms. The molecule has 8 heteroatoms. The average molecular weight is 559 g/mol. The van der Waals surface area contributed by atoms with Gasteiger partial charge in [-0.05, 0) is 54.6 Å². The van der Waals surface area contributed by atoms with Gasteiger partial charge in [0.25, 0.3) is 0 Å². The standard InChI is InChI=1S/C31H28Cl2N4O2/c1-21(38)30-34-37(26-9-5-4-6-10-26)31(36(30)25-17-15-24(16-18-25)35(2)3)27-11-7-8-12-29(27)39-20-22-13-14-23(32)19-28(22)33/h4-19,31H,20H2,1-3H3/t31-/m1/s1. The van der Waals surface area contributed by atoms with Gasteiger partial charge in [-0.25, -0.2) is 5.01 Å². The maximum absolute atomic E-state index is 13.0. The first-order chi connectivity index (χ1) is 18.8. The molecule has 6 nitrogen and oxygen atoms in total. The zero-order chi connectivity index (χ0) is 27.5. The molecule has 0 unspecified atom stereocenters. The second-order valence-corrected chi connectivity index (χ2v) is 10.2. The Labute approximate surface area is 238 Å². The van der Waals surface area contributed by atoms with Gasteiger partial charge in [0.05, 0.1) is 5.69 Å². The fraction of sp³-hybridized carbons (Fsp3) is 0.161. The maximum atomic E-state index is 13.0. The normalized spacial score (nSPS) is 14.8. The summed E-state index contributed by atoms with van der Waals surface area (Å²) in [6.07, 6.45) is -0.478. The molecule has 1 aliphatic rings. The van der Waals surface area contributed by atoms with Crippen LogP contribution >= 0.6 is 23.2 Å². The monoisotopic (exact) mass is 558 g/mol. The summed E-state index contributed by atoms with van der Waals surface area (Å²) in [7, 11) is 3.99. The lowest BCUT2D eigenvalue weighted by molar-refractivity contribution is -0.111. The lowest BCUT2D eigenvalue weighted by Crippen LogP contribution is -2.38. The van der Waals surface area contributed by atoms with Crippen LogP contribution in [0, 0.1) is 0 Å². The molecule has 0 saturated heterocycles. The van der Waals surface area contributed by atoms with Crippen molar-refractivity contribution in [2.24, 2.45) is 5.10 Å². The molecule has 0 saturated carbocycles. The molecular weight excluding hydrogens is 531 g/mol. The van der Waals surface area contributed by atoms with Crippen LogP contribution in [0.2, 0.25) is 10.0 Å². The molecule has 0 aliphatic carbocycles. The van der Waals surface area contributed by atoms with Gasteiger partial charge in [-0.1, -0.05) is 65.7 Å². The van der Waals surface area contributed by atoms with Gasteiger partial charge in [-0.15, -0.1) is 5.10 Å². The Morgan fingerprint density at radius 3 is 2.26 bits per heavy atom. The lowest BCUT2D eigenvalue weighted by atomic mass is 10.1. The van der Waals surface area contributed by atoms with E-state index in [0.29, 0.717) is 21.6 Å². The number of para-hydroxylation sites is 2. The van der Waals surface area contributed by atoms with Gasteiger partial charge < -0.3 is 9.64 Å². The van der Waals surface area contributed by atoms with Crippen LogP contribution in [0.25, 0.3) is 0 Å². The number of nitrogens with zero attached hydrogens (tertiary/aromatic N) is 4. The van der Waals surface area contributed by atoms with E-state index in [4.69, 9.17) is 33.0 Å². The highest BCUT2D eigenvalue weighted by molar-refractivity contribution is 6.44. The second kappa shape index (κ2) is 11.4. The highest BCUT2D eigenvalue weighted by atomic mass is 35.5. The third kappa shape index (κ3) is 5.58. The van der Waals surface area contributed by atoms with Crippen molar-refractivity contribution < 1.29 is 9.53 Å². The van der Waals surface area contributed by atoms with E-state index in [0.717, 1.165) is 28.2 Å². The number of hydrogen-bond acceptors (Lipinski definition) is 6. The van der Waals surface area contributed by atoms with E-state index in [1.807, 2.05) is 114 Å². The minimum atomic E-state index is -0.478. The smallest absolute Gasteiger partial charge is 0.198 e. The fourth-order valence-corrected chi connectivity index (χ4v) is 4.98. The lowest BCUT2D eigenvalue weighted by Gasteiger charge is -2.33. The molecule has 4 aromatic carbocycles. The molecule has 0 N–H and O–H groups in total. The van der Waals surface area contributed by atoms with E-state index in [1.54, 1.807) is 12.1 Å². The van der Waals surface area contributed by atoms with Gasteiger partial charge in [-0.3, -0.25) is 9.69 Å². The fourth-order valence-electron chi connectivity index (χ4n) is 4.52. The van der Waals surface area contributed by atoms with Crippen LogP contribution in [0.5, 0.6) is 5.75 Å². The molecule has 0 fully saturated rings. The predicted octanol–water partition coefficient (Wildman–Crippen LogP) is 7.57. The molecule has 1 atom stereocenters. The minimum Gasteiger partial charge on any atom is -0.488 e. The van der Waals surface area contributed by atoms with Crippen molar-refractivity contribution in [1.29, 1.82) is 0 Å². The number of carbonyl (C=O) groups excluding carboxylic acids is 1. The van der Waals surface area contributed by atoms with Gasteiger partial charge in [0.1, 0.15) is 12.4 Å². The number of ketones is 1. The van der Waals surface area contributed by atoms with Crippen molar-refractivity contribution in [3.8, 4) is 5.75 Å². The highest BCUT2D eigenvalue weighted by Crippen LogP contribution is 2.42. The van der Waals surface area contributed by atoms with Gasteiger partial charge in [0.2, 0.25) is 0 Å². The number of carbonyl (C=O) groups is 1. The molecule has 4 aromatic rings. The van der Waals surface area contributed by atoms with Crippen LogP contribution in [0.15, 0.2) is 102 Å². The molecule has 0 bridgehead atoms. The van der Waals surface area contributed by atoms with Crippen LogP contribution in [-0.4, -0.2) is 25.7 Å². The molecule has 0 radical (unpaired) electrons. The number of anilines is 3. The van der Waals surface area contributed by atoms with Crippen molar-refractivity contribution in [2.75, 3.05) is 28.9 Å². The van der Waals surface area contributed by atoms with Crippen LogP contribution in [-0.2, 0) is 11.4 Å². The Bertz CT molecular complexity index is 1510. The second-order valence-electron chi connectivity index (χ2n) is 9.38. The average Bonchev–Trinajstić information content (AvgIpc) is 3.34. The molecule has 0 amide bonds. The summed E-state index contributed by atoms with van der Waals surface area (Å²) in [5.74, 6) is 0.864. The Kier molecular flexibility index (Phi) is 7.77. The Morgan fingerprint density at radius 2 is 1.59 bits per heavy atom. The molecule has 5 rings (SSSR count). The molecular formula is C31H28Cl2N4O2. The van der Waals surface area contributed by atoms with E-state index in [1.165, 1.54) is 6.92 Å². The van der Waals surface area contributed by atoms with E-state index in [9.17, 15) is 4.79 Å². The van der Waals surface area contributed by atoms with Gasteiger partial charge in [0.15, 0.2) is 17.8 Å². The topological polar surface area (TPSA) is 48.4 Å². The summed E-state index contributed by atoms with van der Waals surface area (Å²) in [6, 6.07) is 31.0. The summed E-state index contributed by atoms with van der Waals surface area (Å²) in [6.45, 7) is 1.79. The van der Waals surface area contributed by atoms with Gasteiger partial charge >= 0.3 is 0 Å². The number of amidine groups is 1. The van der Waals surface area contributed by atoms with Crippen LogP contribution < -0.4 is 19.5 Å². The van der Waals surface area contributed by atoms with Crippen LogP contribution in [0.1, 0.15) is 24.2 Å². The minimum absolute atomic E-state index is 0.138. The molecule has 0 spiro atoms. The van der Waals surface area contributed by atoms with Crippen molar-refractivity contribution in [3.05, 3.63) is 118 Å². The highest BCUT2D eigenvalue weighted by Gasteiger charge is 2.40. The predicted molar refractivity (Wildman–Crippen MR) is 160 cm³/mol. The first-order valence-corrected chi connectivity index (χ1v) is 13.2. The number of hydrazone groups is 1. The number of halogens is 2. The summed E-state index contributed by atoms with van der Waals surface area (Å²) in [5, 5.41) is 7.81. The number of ether oxygens (including phenoxy) is 1. The molecule has 198 valence electrons. The Morgan fingerprint density at radius 1 is 0.897 bits per heavy atom. The number of benzene rings is 4. The van der Waals surface area contributed by atoms with Crippen molar-refractivity contribution in [2.45, 2.75) is 19.7 Å². The summed E-state index contributed by atoms with van der Waals surface area (Å²) in [4.78, 5) is 17.0. The molecule has 1 heterocycles. The van der Waals surface area contributed by atoms with Crippen LogP contribution in [0.3, 0.4) is 0 Å². The van der Waals surface area contributed by atoms with Crippen molar-refractivity contribution in [1.82, 2.24) is 0 Å². The zero-order valence-corrected chi connectivity index (χ0v) is 23.4. The SMILES string of the molecule is CC(=O)C1=NN(c2ccccc2)[C@H](c2ccccc2OCc2ccc(Cl)cc2Cl)N1c1ccc(N(C)C)cc1. The molecule has 0 aromatic heterocycles. The van der Waals surface area contributed by atoms with E-state index < -0.39 is 6.17 Å². The largest absolute Gasteiger partial charge is 0.488 e. The first-order valence-electron chi connectivity index (χ1n) is 12.5. The molecule has 1 aliphatic heterocycles. The number of hydrogen-bond donors (Lipinski definition) is 0. The van der Waals surface area contributed by atoms with Gasteiger partial charge in [-0.2, -0.15) is 0 Å². The first kappa shape index (κ1) is 26.6. The Balaban J connectivity index is 1.60. The van der Waals surface area contributed by atoms with Crippen molar-refractivity contribution >= 4 is 51.9 Å².